The molecule has 2 amide bonds. The number of nitrogens with zero attached hydrogens (tertiary/aromatic N) is 1. The summed E-state index contributed by atoms with van der Waals surface area (Å²) in [6, 6.07) is 16.3. The normalized spacial score (nSPS) is 10.3. The monoisotopic (exact) mass is 359 g/mol. The minimum absolute atomic E-state index is 0.236. The molecule has 0 aliphatic heterocycles. The van der Waals surface area contributed by atoms with Crippen molar-refractivity contribution in [3.05, 3.63) is 94.8 Å². The zero-order valence-electron chi connectivity index (χ0n) is 15.3. The van der Waals surface area contributed by atoms with Gasteiger partial charge in [0.15, 0.2) is 0 Å². The molecule has 5 nitrogen and oxygen atoms in total. The predicted molar refractivity (Wildman–Crippen MR) is 106 cm³/mol. The van der Waals surface area contributed by atoms with E-state index in [1.54, 1.807) is 36.7 Å². The number of rotatable bonds is 5. The molecule has 0 fully saturated rings. The second kappa shape index (κ2) is 8.27. The van der Waals surface area contributed by atoms with E-state index in [1.807, 2.05) is 44.2 Å². The standard InChI is InChI=1S/C22H21N3O2/c1-15-8-9-16(2)20(11-15)25-22(27)19-7-3-6-18(12-19)21(26)24-14-17-5-4-10-23-13-17/h3-13H,14H2,1-2H3,(H,24,26)(H,25,27). The van der Waals surface area contributed by atoms with Crippen LogP contribution in [-0.2, 0) is 6.54 Å². The van der Waals surface area contributed by atoms with Gasteiger partial charge < -0.3 is 10.6 Å². The van der Waals surface area contributed by atoms with Gasteiger partial charge in [-0.05, 0) is 60.9 Å². The van der Waals surface area contributed by atoms with E-state index >= 15 is 0 Å². The maximum atomic E-state index is 12.6. The third-order valence-electron chi connectivity index (χ3n) is 4.20. The fourth-order valence-electron chi connectivity index (χ4n) is 2.65. The zero-order valence-corrected chi connectivity index (χ0v) is 15.3. The van der Waals surface area contributed by atoms with Crippen molar-refractivity contribution in [3.8, 4) is 0 Å². The lowest BCUT2D eigenvalue weighted by Crippen LogP contribution is -2.23. The molecule has 0 radical (unpaired) electrons. The van der Waals surface area contributed by atoms with Crippen LogP contribution >= 0.6 is 0 Å². The Balaban J connectivity index is 1.69. The van der Waals surface area contributed by atoms with Gasteiger partial charge in [-0.3, -0.25) is 14.6 Å². The Morgan fingerprint density at radius 2 is 1.70 bits per heavy atom. The van der Waals surface area contributed by atoms with E-state index in [-0.39, 0.29) is 11.8 Å². The van der Waals surface area contributed by atoms with Gasteiger partial charge in [-0.2, -0.15) is 0 Å². The Morgan fingerprint density at radius 1 is 0.926 bits per heavy atom. The van der Waals surface area contributed by atoms with Gasteiger partial charge in [-0.1, -0.05) is 24.3 Å². The van der Waals surface area contributed by atoms with Gasteiger partial charge >= 0.3 is 0 Å². The molecule has 3 aromatic rings. The summed E-state index contributed by atoms with van der Waals surface area (Å²) in [7, 11) is 0. The Morgan fingerprint density at radius 3 is 2.44 bits per heavy atom. The molecule has 2 aromatic carbocycles. The van der Waals surface area contributed by atoms with Gasteiger partial charge in [0, 0.05) is 35.8 Å². The summed E-state index contributed by atoms with van der Waals surface area (Å²) in [6.45, 7) is 4.30. The molecule has 0 saturated carbocycles. The number of carbonyl (C=O) groups excluding carboxylic acids is 2. The Bertz CT molecular complexity index is 968. The van der Waals surface area contributed by atoms with Gasteiger partial charge in [0.25, 0.3) is 11.8 Å². The van der Waals surface area contributed by atoms with Crippen LogP contribution in [0, 0.1) is 13.8 Å². The largest absolute Gasteiger partial charge is 0.348 e. The van der Waals surface area contributed by atoms with Crippen LogP contribution in [-0.4, -0.2) is 16.8 Å². The Hall–Kier alpha value is -3.47. The zero-order chi connectivity index (χ0) is 19.2. The van der Waals surface area contributed by atoms with Gasteiger partial charge in [0.2, 0.25) is 0 Å². The van der Waals surface area contributed by atoms with E-state index in [1.165, 1.54) is 0 Å². The molecular formula is C22H21N3O2. The van der Waals surface area contributed by atoms with Crippen molar-refractivity contribution in [2.75, 3.05) is 5.32 Å². The van der Waals surface area contributed by atoms with Crippen molar-refractivity contribution in [2.24, 2.45) is 0 Å². The molecule has 0 bridgehead atoms. The van der Waals surface area contributed by atoms with Gasteiger partial charge in [-0.15, -0.1) is 0 Å². The summed E-state index contributed by atoms with van der Waals surface area (Å²) in [4.78, 5) is 29.0. The average molecular weight is 359 g/mol. The van der Waals surface area contributed by atoms with Crippen molar-refractivity contribution < 1.29 is 9.59 Å². The number of benzene rings is 2. The van der Waals surface area contributed by atoms with E-state index in [2.05, 4.69) is 15.6 Å². The van der Waals surface area contributed by atoms with E-state index in [0.29, 0.717) is 17.7 Å². The predicted octanol–water partition coefficient (Wildman–Crippen LogP) is 3.88. The molecule has 0 aliphatic rings. The first-order valence-electron chi connectivity index (χ1n) is 8.69. The minimum Gasteiger partial charge on any atom is -0.348 e. The molecule has 1 heterocycles. The number of aromatic nitrogens is 1. The highest BCUT2D eigenvalue weighted by atomic mass is 16.2. The fraction of sp³-hybridized carbons (Fsp3) is 0.136. The summed E-state index contributed by atoms with van der Waals surface area (Å²) in [5, 5.41) is 5.75. The van der Waals surface area contributed by atoms with Crippen LogP contribution in [0.25, 0.3) is 0 Å². The summed E-state index contributed by atoms with van der Waals surface area (Å²) >= 11 is 0. The molecule has 5 heteroatoms. The van der Waals surface area contributed by atoms with Gasteiger partial charge in [-0.25, -0.2) is 0 Å². The molecule has 0 atom stereocenters. The molecule has 2 N–H and O–H groups in total. The van der Waals surface area contributed by atoms with Crippen LogP contribution in [0.15, 0.2) is 67.0 Å². The summed E-state index contributed by atoms with van der Waals surface area (Å²) in [5.74, 6) is -0.481. The van der Waals surface area contributed by atoms with Crippen LogP contribution in [0.2, 0.25) is 0 Å². The Kier molecular flexibility index (Phi) is 5.61. The maximum absolute atomic E-state index is 12.6. The number of amides is 2. The molecule has 0 unspecified atom stereocenters. The van der Waals surface area contributed by atoms with Crippen LogP contribution in [0.5, 0.6) is 0 Å². The number of hydrogen-bond donors (Lipinski definition) is 2. The third kappa shape index (κ3) is 4.79. The number of nitrogens with one attached hydrogen (secondary N) is 2. The van der Waals surface area contributed by atoms with Crippen molar-refractivity contribution in [1.82, 2.24) is 10.3 Å². The first kappa shape index (κ1) is 18.3. The summed E-state index contributed by atoms with van der Waals surface area (Å²) < 4.78 is 0. The minimum atomic E-state index is -0.245. The van der Waals surface area contributed by atoms with E-state index in [4.69, 9.17) is 0 Å². The molecule has 27 heavy (non-hydrogen) atoms. The fourth-order valence-corrected chi connectivity index (χ4v) is 2.65. The van der Waals surface area contributed by atoms with Gasteiger partial charge in [0.05, 0.1) is 0 Å². The van der Waals surface area contributed by atoms with Gasteiger partial charge in [0.1, 0.15) is 0 Å². The highest BCUT2D eigenvalue weighted by Crippen LogP contribution is 2.18. The van der Waals surface area contributed by atoms with Crippen molar-refractivity contribution in [3.63, 3.8) is 0 Å². The highest BCUT2D eigenvalue weighted by Gasteiger charge is 2.12. The number of pyridine rings is 1. The summed E-state index contributed by atoms with van der Waals surface area (Å²) in [6.07, 6.45) is 3.39. The lowest BCUT2D eigenvalue weighted by Gasteiger charge is -2.10. The Labute approximate surface area is 158 Å². The number of anilines is 1. The lowest BCUT2D eigenvalue weighted by atomic mass is 10.1. The molecule has 0 saturated heterocycles. The van der Waals surface area contributed by atoms with E-state index < -0.39 is 0 Å². The van der Waals surface area contributed by atoms with Crippen LogP contribution < -0.4 is 10.6 Å². The molecule has 3 rings (SSSR count). The third-order valence-corrected chi connectivity index (χ3v) is 4.20. The number of hydrogen-bond acceptors (Lipinski definition) is 3. The SMILES string of the molecule is Cc1ccc(C)c(NC(=O)c2cccc(C(=O)NCc3cccnc3)c2)c1. The van der Waals surface area contributed by atoms with Crippen LogP contribution in [0.3, 0.4) is 0 Å². The van der Waals surface area contributed by atoms with Crippen molar-refractivity contribution >= 4 is 17.5 Å². The van der Waals surface area contributed by atoms with E-state index in [0.717, 1.165) is 22.4 Å². The van der Waals surface area contributed by atoms with Crippen molar-refractivity contribution in [1.29, 1.82) is 0 Å². The molecule has 0 spiro atoms. The first-order valence-corrected chi connectivity index (χ1v) is 8.69. The smallest absolute Gasteiger partial charge is 0.255 e. The van der Waals surface area contributed by atoms with Crippen molar-refractivity contribution in [2.45, 2.75) is 20.4 Å². The molecular weight excluding hydrogens is 338 g/mol. The quantitative estimate of drug-likeness (QED) is 0.726. The highest BCUT2D eigenvalue weighted by molar-refractivity contribution is 6.06. The lowest BCUT2D eigenvalue weighted by molar-refractivity contribution is 0.0951. The number of carbonyl (C=O) groups is 2. The average Bonchev–Trinajstić information content (AvgIpc) is 2.69. The topological polar surface area (TPSA) is 71.1 Å². The first-order chi connectivity index (χ1) is 13.0. The summed E-state index contributed by atoms with van der Waals surface area (Å²) in [5.41, 5.74) is 4.61. The molecule has 136 valence electrons. The number of aryl methyl sites for hydroxylation is 2. The van der Waals surface area contributed by atoms with Crippen LogP contribution in [0.1, 0.15) is 37.4 Å². The van der Waals surface area contributed by atoms with Crippen LogP contribution in [0.4, 0.5) is 5.69 Å². The molecule has 1 aromatic heterocycles. The second-order valence-corrected chi connectivity index (χ2v) is 6.40. The maximum Gasteiger partial charge on any atom is 0.255 e. The second-order valence-electron chi connectivity index (χ2n) is 6.40. The molecule has 0 aliphatic carbocycles. The van der Waals surface area contributed by atoms with E-state index in [9.17, 15) is 9.59 Å².